The predicted octanol–water partition coefficient (Wildman–Crippen LogP) is 4.50. The summed E-state index contributed by atoms with van der Waals surface area (Å²) in [6.07, 6.45) is 8.58. The highest BCUT2D eigenvalue weighted by atomic mass is 35.5. The molecule has 0 spiro atoms. The van der Waals surface area contributed by atoms with Crippen molar-refractivity contribution in [2.24, 2.45) is 5.92 Å². The molecule has 3 heteroatoms. The van der Waals surface area contributed by atoms with Crippen LogP contribution in [0, 0.1) is 5.92 Å². The lowest BCUT2D eigenvalue weighted by atomic mass is 9.87. The number of carbonyl (C=O) groups excluding carboxylic acids is 1. The number of aldehydes is 1. The van der Waals surface area contributed by atoms with Crippen molar-refractivity contribution in [3.8, 4) is 5.75 Å². The van der Waals surface area contributed by atoms with E-state index < -0.39 is 0 Å². The molecule has 1 aliphatic rings. The van der Waals surface area contributed by atoms with Gasteiger partial charge < -0.3 is 4.74 Å². The number of carbonyl (C=O) groups is 1. The summed E-state index contributed by atoms with van der Waals surface area (Å²) in [5, 5.41) is 0.427. The Balaban J connectivity index is 1.84. The molecule has 0 aromatic heterocycles. The van der Waals surface area contributed by atoms with Gasteiger partial charge >= 0.3 is 0 Å². The molecule has 0 N–H and O–H groups in total. The Hall–Kier alpha value is -1.02. The second-order valence-electron chi connectivity index (χ2n) is 4.92. The predicted molar refractivity (Wildman–Crippen MR) is 73.5 cm³/mol. The van der Waals surface area contributed by atoms with E-state index in [4.69, 9.17) is 16.3 Å². The van der Waals surface area contributed by atoms with E-state index in [1.807, 2.05) is 6.07 Å². The number of rotatable bonds is 5. The number of benzene rings is 1. The molecule has 18 heavy (non-hydrogen) atoms. The van der Waals surface area contributed by atoms with E-state index in [0.717, 1.165) is 18.6 Å². The number of hydrogen-bond acceptors (Lipinski definition) is 2. The first-order chi connectivity index (χ1) is 8.81. The molecule has 2 rings (SSSR count). The Morgan fingerprint density at radius 3 is 2.78 bits per heavy atom. The van der Waals surface area contributed by atoms with Crippen LogP contribution >= 0.6 is 11.6 Å². The summed E-state index contributed by atoms with van der Waals surface area (Å²) in [7, 11) is 0. The third-order valence-electron chi connectivity index (χ3n) is 3.63. The second-order valence-corrected chi connectivity index (χ2v) is 5.30. The summed E-state index contributed by atoms with van der Waals surface area (Å²) in [4.78, 5) is 10.8. The maximum absolute atomic E-state index is 10.8. The maximum atomic E-state index is 10.8. The SMILES string of the molecule is O=Cc1cccc(OCCC2CCCCC2)c1Cl. The molecule has 1 saturated carbocycles. The van der Waals surface area contributed by atoms with Crippen LogP contribution < -0.4 is 4.74 Å². The lowest BCUT2D eigenvalue weighted by Gasteiger charge is -2.21. The monoisotopic (exact) mass is 266 g/mol. The van der Waals surface area contributed by atoms with Gasteiger partial charge in [0.25, 0.3) is 0 Å². The van der Waals surface area contributed by atoms with Crippen LogP contribution in [0.25, 0.3) is 0 Å². The van der Waals surface area contributed by atoms with Crippen molar-refractivity contribution in [2.75, 3.05) is 6.61 Å². The zero-order valence-electron chi connectivity index (χ0n) is 10.5. The van der Waals surface area contributed by atoms with Crippen molar-refractivity contribution in [2.45, 2.75) is 38.5 Å². The van der Waals surface area contributed by atoms with Crippen molar-refractivity contribution in [1.82, 2.24) is 0 Å². The Labute approximate surface area is 113 Å². The molecule has 0 aliphatic heterocycles. The summed E-state index contributed by atoms with van der Waals surface area (Å²) in [5.41, 5.74) is 0.492. The zero-order chi connectivity index (χ0) is 12.8. The molecule has 0 amide bonds. The highest BCUT2D eigenvalue weighted by molar-refractivity contribution is 6.34. The van der Waals surface area contributed by atoms with Gasteiger partial charge in [0.05, 0.1) is 11.6 Å². The van der Waals surface area contributed by atoms with Crippen LogP contribution in [-0.4, -0.2) is 12.9 Å². The highest BCUT2D eigenvalue weighted by Crippen LogP contribution is 2.29. The first-order valence-electron chi connectivity index (χ1n) is 6.67. The van der Waals surface area contributed by atoms with Gasteiger partial charge in [0.1, 0.15) is 5.75 Å². The molecule has 0 radical (unpaired) electrons. The Morgan fingerprint density at radius 2 is 2.06 bits per heavy atom. The van der Waals surface area contributed by atoms with E-state index in [0.29, 0.717) is 22.9 Å². The molecule has 1 fully saturated rings. The average molecular weight is 267 g/mol. The van der Waals surface area contributed by atoms with Gasteiger partial charge in [-0.3, -0.25) is 4.79 Å². The summed E-state index contributed by atoms with van der Waals surface area (Å²) < 4.78 is 5.69. The minimum atomic E-state index is 0.427. The van der Waals surface area contributed by atoms with E-state index in [2.05, 4.69) is 0 Å². The molecular weight excluding hydrogens is 248 g/mol. The number of hydrogen-bond donors (Lipinski definition) is 0. The van der Waals surface area contributed by atoms with Crippen molar-refractivity contribution in [1.29, 1.82) is 0 Å². The smallest absolute Gasteiger partial charge is 0.151 e. The lowest BCUT2D eigenvalue weighted by molar-refractivity contribution is 0.112. The van der Waals surface area contributed by atoms with Crippen LogP contribution in [0.2, 0.25) is 5.02 Å². The van der Waals surface area contributed by atoms with Gasteiger partial charge in [-0.15, -0.1) is 0 Å². The molecule has 2 nitrogen and oxygen atoms in total. The Morgan fingerprint density at radius 1 is 1.28 bits per heavy atom. The third kappa shape index (κ3) is 3.49. The van der Waals surface area contributed by atoms with Gasteiger partial charge in [0, 0.05) is 5.56 Å². The standard InChI is InChI=1S/C15H19ClO2/c16-15-13(11-17)7-4-8-14(15)18-10-9-12-5-2-1-3-6-12/h4,7-8,11-12H,1-3,5-6,9-10H2. The topological polar surface area (TPSA) is 26.3 Å². The van der Waals surface area contributed by atoms with Crippen molar-refractivity contribution in [3.63, 3.8) is 0 Å². The first-order valence-corrected chi connectivity index (χ1v) is 7.05. The van der Waals surface area contributed by atoms with Gasteiger partial charge in [0.2, 0.25) is 0 Å². The molecule has 1 aliphatic carbocycles. The van der Waals surface area contributed by atoms with Crippen molar-refractivity contribution >= 4 is 17.9 Å². The minimum Gasteiger partial charge on any atom is -0.492 e. The molecule has 1 aromatic rings. The quantitative estimate of drug-likeness (QED) is 0.734. The molecule has 0 heterocycles. The fourth-order valence-electron chi connectivity index (χ4n) is 2.54. The number of halogens is 1. The van der Waals surface area contributed by atoms with Crippen LogP contribution in [0.4, 0.5) is 0 Å². The van der Waals surface area contributed by atoms with E-state index in [1.165, 1.54) is 32.1 Å². The summed E-state index contributed by atoms with van der Waals surface area (Å²) in [6.45, 7) is 0.687. The average Bonchev–Trinajstić information content (AvgIpc) is 2.42. The van der Waals surface area contributed by atoms with Crippen LogP contribution in [0.3, 0.4) is 0 Å². The second kappa shape index (κ2) is 6.79. The van der Waals surface area contributed by atoms with E-state index in [9.17, 15) is 4.79 Å². The highest BCUT2D eigenvalue weighted by Gasteiger charge is 2.13. The maximum Gasteiger partial charge on any atom is 0.151 e. The fraction of sp³-hybridized carbons (Fsp3) is 0.533. The van der Waals surface area contributed by atoms with Gasteiger partial charge in [0.15, 0.2) is 6.29 Å². The van der Waals surface area contributed by atoms with Gasteiger partial charge in [-0.25, -0.2) is 0 Å². The summed E-state index contributed by atoms with van der Waals surface area (Å²) in [5.74, 6) is 1.42. The molecule has 0 unspecified atom stereocenters. The Bertz CT molecular complexity index is 397. The zero-order valence-corrected chi connectivity index (χ0v) is 11.3. The molecule has 0 bridgehead atoms. The van der Waals surface area contributed by atoms with E-state index in [1.54, 1.807) is 12.1 Å². The first kappa shape index (κ1) is 13.4. The molecular formula is C15H19ClO2. The molecule has 98 valence electrons. The fourth-order valence-corrected chi connectivity index (χ4v) is 2.77. The van der Waals surface area contributed by atoms with Gasteiger partial charge in [-0.05, 0) is 24.5 Å². The molecule has 0 saturated heterocycles. The van der Waals surface area contributed by atoms with Gasteiger partial charge in [-0.1, -0.05) is 49.8 Å². The summed E-state index contributed by atoms with van der Waals surface area (Å²) >= 11 is 6.07. The van der Waals surface area contributed by atoms with Crippen LogP contribution in [-0.2, 0) is 0 Å². The van der Waals surface area contributed by atoms with Crippen LogP contribution in [0.5, 0.6) is 5.75 Å². The Kier molecular flexibility index (Phi) is 5.06. The van der Waals surface area contributed by atoms with Gasteiger partial charge in [-0.2, -0.15) is 0 Å². The molecule has 1 aromatic carbocycles. The van der Waals surface area contributed by atoms with Crippen molar-refractivity contribution in [3.05, 3.63) is 28.8 Å². The van der Waals surface area contributed by atoms with E-state index >= 15 is 0 Å². The molecule has 0 atom stereocenters. The van der Waals surface area contributed by atoms with Crippen molar-refractivity contribution < 1.29 is 9.53 Å². The number of ether oxygens (including phenoxy) is 1. The third-order valence-corrected chi connectivity index (χ3v) is 4.03. The minimum absolute atomic E-state index is 0.427. The van der Waals surface area contributed by atoms with Crippen LogP contribution in [0.1, 0.15) is 48.9 Å². The normalized spacial score (nSPS) is 16.5. The van der Waals surface area contributed by atoms with E-state index in [-0.39, 0.29) is 0 Å². The summed E-state index contributed by atoms with van der Waals surface area (Å²) in [6, 6.07) is 5.31. The largest absolute Gasteiger partial charge is 0.492 e. The lowest BCUT2D eigenvalue weighted by Crippen LogP contribution is -2.11. The van der Waals surface area contributed by atoms with Crippen LogP contribution in [0.15, 0.2) is 18.2 Å².